The summed E-state index contributed by atoms with van der Waals surface area (Å²) < 4.78 is 0. The number of aryl methyl sites for hydroxylation is 2. The molecule has 1 N–H and O–H groups in total. The van der Waals surface area contributed by atoms with Gasteiger partial charge in [-0.05, 0) is 51.0 Å². The molecule has 0 bridgehead atoms. The van der Waals surface area contributed by atoms with Gasteiger partial charge in [-0.3, -0.25) is 4.79 Å². The first-order valence-corrected chi connectivity index (χ1v) is 10.1. The number of hydrogen-bond acceptors (Lipinski definition) is 4. The molecule has 0 spiro atoms. The standard InChI is InChI=1S/C24H26N4O/c1-17-6-8-21(9-7-17)26-24(29)19-11-14-28(15-12-19)22-10-13-25-23(27-22)20-5-3-4-18(2)16-20/h3-10,13,16,19H,11-12,14-15H2,1-2H3,(H,26,29). The number of rotatable bonds is 4. The number of nitrogens with zero attached hydrogens (tertiary/aromatic N) is 3. The van der Waals surface area contributed by atoms with E-state index in [1.807, 2.05) is 55.6 Å². The largest absolute Gasteiger partial charge is 0.356 e. The van der Waals surface area contributed by atoms with E-state index >= 15 is 0 Å². The molecule has 1 fully saturated rings. The molecule has 0 radical (unpaired) electrons. The maximum absolute atomic E-state index is 12.6. The molecule has 5 nitrogen and oxygen atoms in total. The lowest BCUT2D eigenvalue weighted by Gasteiger charge is -2.32. The summed E-state index contributed by atoms with van der Waals surface area (Å²) in [5.74, 6) is 1.81. The van der Waals surface area contributed by atoms with Crippen LogP contribution in [0.25, 0.3) is 11.4 Å². The van der Waals surface area contributed by atoms with E-state index in [0.717, 1.165) is 48.8 Å². The lowest BCUT2D eigenvalue weighted by atomic mass is 9.95. The Bertz CT molecular complexity index is 992. The van der Waals surface area contributed by atoms with Gasteiger partial charge in [0.05, 0.1) is 0 Å². The minimum Gasteiger partial charge on any atom is -0.356 e. The van der Waals surface area contributed by atoms with Crippen LogP contribution in [0, 0.1) is 19.8 Å². The predicted molar refractivity (Wildman–Crippen MR) is 117 cm³/mol. The fraction of sp³-hybridized carbons (Fsp3) is 0.292. The molecular formula is C24H26N4O. The molecule has 3 aromatic rings. The van der Waals surface area contributed by atoms with Crippen LogP contribution in [-0.4, -0.2) is 29.0 Å². The van der Waals surface area contributed by atoms with Gasteiger partial charge in [-0.2, -0.15) is 0 Å². The summed E-state index contributed by atoms with van der Waals surface area (Å²) in [6, 6.07) is 18.1. The molecule has 0 atom stereocenters. The van der Waals surface area contributed by atoms with Crippen molar-refractivity contribution in [3.63, 3.8) is 0 Å². The Morgan fingerprint density at radius 3 is 2.48 bits per heavy atom. The summed E-state index contributed by atoms with van der Waals surface area (Å²) >= 11 is 0. The van der Waals surface area contributed by atoms with Gasteiger partial charge in [-0.25, -0.2) is 9.97 Å². The van der Waals surface area contributed by atoms with Crippen molar-refractivity contribution in [2.75, 3.05) is 23.3 Å². The molecule has 1 saturated heterocycles. The number of carbonyl (C=O) groups excluding carboxylic acids is 1. The molecule has 1 aliphatic rings. The van der Waals surface area contributed by atoms with E-state index in [-0.39, 0.29) is 11.8 Å². The van der Waals surface area contributed by atoms with E-state index in [2.05, 4.69) is 34.3 Å². The highest BCUT2D eigenvalue weighted by Gasteiger charge is 2.26. The Morgan fingerprint density at radius 2 is 1.76 bits per heavy atom. The molecule has 1 amide bonds. The molecule has 0 unspecified atom stereocenters. The van der Waals surface area contributed by atoms with Crippen molar-refractivity contribution in [3.8, 4) is 11.4 Å². The Kier molecular flexibility index (Phi) is 5.56. The first-order valence-electron chi connectivity index (χ1n) is 10.1. The quantitative estimate of drug-likeness (QED) is 0.711. The Balaban J connectivity index is 1.39. The maximum Gasteiger partial charge on any atom is 0.227 e. The zero-order valence-electron chi connectivity index (χ0n) is 16.9. The van der Waals surface area contributed by atoms with Crippen LogP contribution in [0.15, 0.2) is 60.8 Å². The number of benzene rings is 2. The van der Waals surface area contributed by atoms with Crippen molar-refractivity contribution in [1.29, 1.82) is 0 Å². The molecule has 1 aromatic heterocycles. The lowest BCUT2D eigenvalue weighted by molar-refractivity contribution is -0.120. The highest BCUT2D eigenvalue weighted by Crippen LogP contribution is 2.25. The predicted octanol–water partition coefficient (Wildman–Crippen LogP) is 4.62. The van der Waals surface area contributed by atoms with Crippen LogP contribution < -0.4 is 10.2 Å². The molecule has 0 saturated carbocycles. The molecule has 148 valence electrons. The van der Waals surface area contributed by atoms with E-state index in [9.17, 15) is 4.79 Å². The number of carbonyl (C=O) groups is 1. The summed E-state index contributed by atoms with van der Waals surface area (Å²) in [6.45, 7) is 5.74. The third kappa shape index (κ3) is 4.62. The SMILES string of the molecule is Cc1ccc(NC(=O)C2CCN(c3ccnc(-c4cccc(C)c4)n3)CC2)cc1. The highest BCUT2D eigenvalue weighted by molar-refractivity contribution is 5.92. The van der Waals surface area contributed by atoms with Gasteiger partial charge in [0.25, 0.3) is 0 Å². The second-order valence-electron chi connectivity index (χ2n) is 7.72. The van der Waals surface area contributed by atoms with Crippen molar-refractivity contribution in [2.45, 2.75) is 26.7 Å². The van der Waals surface area contributed by atoms with Gasteiger partial charge in [0, 0.05) is 36.5 Å². The Morgan fingerprint density at radius 1 is 1.00 bits per heavy atom. The van der Waals surface area contributed by atoms with Crippen molar-refractivity contribution < 1.29 is 4.79 Å². The van der Waals surface area contributed by atoms with Crippen LogP contribution in [0.3, 0.4) is 0 Å². The number of anilines is 2. The third-order valence-corrected chi connectivity index (χ3v) is 5.43. The Hall–Kier alpha value is -3.21. The van der Waals surface area contributed by atoms with Crippen molar-refractivity contribution in [1.82, 2.24) is 9.97 Å². The van der Waals surface area contributed by atoms with Gasteiger partial charge in [-0.1, -0.05) is 41.5 Å². The fourth-order valence-corrected chi connectivity index (χ4v) is 3.70. The van der Waals surface area contributed by atoms with Gasteiger partial charge in [0.2, 0.25) is 5.91 Å². The monoisotopic (exact) mass is 386 g/mol. The highest BCUT2D eigenvalue weighted by atomic mass is 16.1. The Labute approximate surface area is 171 Å². The third-order valence-electron chi connectivity index (χ3n) is 5.43. The maximum atomic E-state index is 12.6. The minimum absolute atomic E-state index is 0.0330. The van der Waals surface area contributed by atoms with Crippen LogP contribution in [0.4, 0.5) is 11.5 Å². The first kappa shape index (κ1) is 19.1. The van der Waals surface area contributed by atoms with Gasteiger partial charge < -0.3 is 10.2 Å². The first-order chi connectivity index (χ1) is 14.1. The summed E-state index contributed by atoms with van der Waals surface area (Å²) in [7, 11) is 0. The van der Waals surface area contributed by atoms with E-state index in [4.69, 9.17) is 4.98 Å². The average Bonchev–Trinajstić information content (AvgIpc) is 2.75. The van der Waals surface area contributed by atoms with Crippen LogP contribution in [0.1, 0.15) is 24.0 Å². The molecule has 0 aliphatic carbocycles. The van der Waals surface area contributed by atoms with E-state index < -0.39 is 0 Å². The number of piperidine rings is 1. The molecule has 2 heterocycles. The molecular weight excluding hydrogens is 360 g/mol. The smallest absolute Gasteiger partial charge is 0.227 e. The number of hydrogen-bond donors (Lipinski definition) is 1. The van der Waals surface area contributed by atoms with E-state index in [1.165, 1.54) is 11.1 Å². The van der Waals surface area contributed by atoms with Crippen LogP contribution in [0.5, 0.6) is 0 Å². The van der Waals surface area contributed by atoms with E-state index in [0.29, 0.717) is 0 Å². The van der Waals surface area contributed by atoms with Crippen LogP contribution >= 0.6 is 0 Å². The molecule has 5 heteroatoms. The minimum atomic E-state index is 0.0330. The summed E-state index contributed by atoms with van der Waals surface area (Å²) in [6.07, 6.45) is 3.46. The van der Waals surface area contributed by atoms with E-state index in [1.54, 1.807) is 0 Å². The summed E-state index contributed by atoms with van der Waals surface area (Å²) in [4.78, 5) is 24.1. The van der Waals surface area contributed by atoms with Gasteiger partial charge >= 0.3 is 0 Å². The number of nitrogens with one attached hydrogen (secondary N) is 1. The molecule has 29 heavy (non-hydrogen) atoms. The summed E-state index contributed by atoms with van der Waals surface area (Å²) in [5.41, 5.74) is 4.27. The van der Waals surface area contributed by atoms with Gasteiger partial charge in [0.1, 0.15) is 5.82 Å². The van der Waals surface area contributed by atoms with Crippen molar-refractivity contribution in [3.05, 3.63) is 71.9 Å². The van der Waals surface area contributed by atoms with Gasteiger partial charge in [-0.15, -0.1) is 0 Å². The van der Waals surface area contributed by atoms with Crippen LogP contribution in [0.2, 0.25) is 0 Å². The number of aromatic nitrogens is 2. The zero-order chi connectivity index (χ0) is 20.2. The zero-order valence-corrected chi connectivity index (χ0v) is 16.9. The van der Waals surface area contributed by atoms with Crippen molar-refractivity contribution >= 4 is 17.4 Å². The normalized spacial score (nSPS) is 14.6. The van der Waals surface area contributed by atoms with Crippen LogP contribution in [-0.2, 0) is 4.79 Å². The summed E-state index contributed by atoms with van der Waals surface area (Å²) in [5, 5.41) is 3.05. The number of amides is 1. The molecule has 1 aliphatic heterocycles. The topological polar surface area (TPSA) is 58.1 Å². The fourth-order valence-electron chi connectivity index (χ4n) is 3.70. The lowest BCUT2D eigenvalue weighted by Crippen LogP contribution is -2.38. The average molecular weight is 386 g/mol. The van der Waals surface area contributed by atoms with Gasteiger partial charge in [0.15, 0.2) is 5.82 Å². The second kappa shape index (κ2) is 8.43. The van der Waals surface area contributed by atoms with Crippen molar-refractivity contribution in [2.24, 2.45) is 5.92 Å². The second-order valence-corrected chi connectivity index (χ2v) is 7.72. The molecule has 2 aromatic carbocycles. The molecule has 4 rings (SSSR count).